The van der Waals surface area contributed by atoms with Gasteiger partial charge in [0.25, 0.3) is 5.91 Å². The number of sulfonamides is 1. The van der Waals surface area contributed by atoms with E-state index >= 15 is 0 Å². The Bertz CT molecular complexity index is 1170. The average Bonchev–Trinajstić information content (AvgIpc) is 3.02. The molecule has 0 aliphatic carbocycles. The minimum atomic E-state index is -4.81. The largest absolute Gasteiger partial charge is 0.573 e. The van der Waals surface area contributed by atoms with Crippen molar-refractivity contribution in [2.45, 2.75) is 25.7 Å². The highest BCUT2D eigenvalue weighted by Crippen LogP contribution is 2.35. The van der Waals surface area contributed by atoms with E-state index in [0.717, 1.165) is 24.0 Å². The Morgan fingerprint density at radius 3 is 2.39 bits per heavy atom. The van der Waals surface area contributed by atoms with Gasteiger partial charge in [0.15, 0.2) is 0 Å². The maximum absolute atomic E-state index is 12.8. The predicted molar refractivity (Wildman–Crippen MR) is 116 cm³/mol. The summed E-state index contributed by atoms with van der Waals surface area (Å²) in [5.74, 6) is -1.41. The standard InChI is InChI=1S/C21H22F3N3O5S/c1-13-10-15-11-14(4-9-18(15)27(13)33(3,30)31)20(29)26(2)12-19(28)25-16-5-7-17(8-6-16)32-21(22,23)24/h4-9,11,13H,10,12H2,1-3H3,(H,25,28)/t13-/m0/s1. The van der Waals surface area contributed by atoms with Gasteiger partial charge >= 0.3 is 6.36 Å². The van der Waals surface area contributed by atoms with E-state index < -0.39 is 33.9 Å². The number of anilines is 2. The third-order valence-corrected chi connectivity index (χ3v) is 6.21. The summed E-state index contributed by atoms with van der Waals surface area (Å²) in [6.07, 6.45) is -3.23. The fraction of sp³-hybridized carbons (Fsp3) is 0.333. The fourth-order valence-corrected chi connectivity index (χ4v) is 4.95. The van der Waals surface area contributed by atoms with Gasteiger partial charge in [-0.25, -0.2) is 8.42 Å². The Hall–Kier alpha value is -3.28. The summed E-state index contributed by atoms with van der Waals surface area (Å²) >= 11 is 0. The predicted octanol–water partition coefficient (Wildman–Crippen LogP) is 3.01. The van der Waals surface area contributed by atoms with Crippen LogP contribution < -0.4 is 14.4 Å². The molecule has 33 heavy (non-hydrogen) atoms. The van der Waals surface area contributed by atoms with Crippen LogP contribution in [0.1, 0.15) is 22.8 Å². The summed E-state index contributed by atoms with van der Waals surface area (Å²) in [7, 11) is -2.02. The zero-order valence-corrected chi connectivity index (χ0v) is 18.8. The van der Waals surface area contributed by atoms with Crippen molar-refractivity contribution < 1.29 is 35.9 Å². The highest BCUT2D eigenvalue weighted by molar-refractivity contribution is 7.92. The molecule has 0 spiro atoms. The number of carbonyl (C=O) groups is 2. The number of ether oxygens (including phenoxy) is 1. The number of nitrogens with zero attached hydrogens (tertiary/aromatic N) is 2. The lowest BCUT2D eigenvalue weighted by molar-refractivity contribution is -0.274. The third kappa shape index (κ3) is 5.95. The van der Waals surface area contributed by atoms with Gasteiger partial charge in [-0.15, -0.1) is 13.2 Å². The minimum Gasteiger partial charge on any atom is -0.406 e. The number of halogens is 3. The highest BCUT2D eigenvalue weighted by atomic mass is 32.2. The molecule has 0 bridgehead atoms. The second-order valence-corrected chi connectivity index (χ2v) is 9.60. The van der Waals surface area contributed by atoms with E-state index in [4.69, 9.17) is 0 Å². The molecule has 2 aromatic carbocycles. The zero-order valence-electron chi connectivity index (χ0n) is 18.0. The van der Waals surface area contributed by atoms with E-state index in [1.807, 2.05) is 0 Å². The van der Waals surface area contributed by atoms with Gasteiger partial charge in [-0.1, -0.05) is 0 Å². The Morgan fingerprint density at radius 1 is 1.18 bits per heavy atom. The summed E-state index contributed by atoms with van der Waals surface area (Å²) < 4.78 is 65.8. The first-order chi connectivity index (χ1) is 15.2. The van der Waals surface area contributed by atoms with Crippen LogP contribution in [0.15, 0.2) is 42.5 Å². The SMILES string of the molecule is C[C@H]1Cc2cc(C(=O)N(C)CC(=O)Nc3ccc(OC(F)(F)F)cc3)ccc2N1S(C)(=O)=O. The number of likely N-dealkylation sites (N-methyl/N-ethyl adjacent to an activating group) is 1. The molecule has 8 nitrogen and oxygen atoms in total. The van der Waals surface area contributed by atoms with Crippen LogP contribution >= 0.6 is 0 Å². The normalized spacial score (nSPS) is 15.7. The van der Waals surface area contributed by atoms with Crippen molar-refractivity contribution in [1.82, 2.24) is 4.90 Å². The summed E-state index contributed by atoms with van der Waals surface area (Å²) in [5.41, 5.74) is 1.79. The number of hydrogen-bond acceptors (Lipinski definition) is 5. The average molecular weight is 485 g/mol. The molecular formula is C21H22F3N3O5S. The van der Waals surface area contributed by atoms with Gasteiger partial charge < -0.3 is 15.0 Å². The van der Waals surface area contributed by atoms with E-state index in [-0.39, 0.29) is 18.3 Å². The molecule has 2 amide bonds. The summed E-state index contributed by atoms with van der Waals surface area (Å²) in [6.45, 7) is 1.48. The van der Waals surface area contributed by atoms with Crippen molar-refractivity contribution in [3.8, 4) is 5.75 Å². The maximum Gasteiger partial charge on any atom is 0.573 e. The third-order valence-electron chi connectivity index (χ3n) is 4.94. The lowest BCUT2D eigenvalue weighted by Gasteiger charge is -2.22. The topological polar surface area (TPSA) is 96.0 Å². The molecule has 1 aliphatic heterocycles. The molecule has 0 aromatic heterocycles. The molecule has 0 saturated carbocycles. The number of carbonyl (C=O) groups excluding carboxylic acids is 2. The Balaban J connectivity index is 1.63. The quantitative estimate of drug-likeness (QED) is 0.679. The van der Waals surface area contributed by atoms with Crippen LogP contribution in [0.2, 0.25) is 0 Å². The van der Waals surface area contributed by atoms with Crippen molar-refractivity contribution >= 4 is 33.2 Å². The van der Waals surface area contributed by atoms with E-state index in [1.54, 1.807) is 19.1 Å². The minimum absolute atomic E-state index is 0.239. The summed E-state index contributed by atoms with van der Waals surface area (Å²) in [6, 6.07) is 9.04. The molecule has 178 valence electrons. The van der Waals surface area contributed by atoms with Crippen LogP contribution in [-0.4, -0.2) is 57.4 Å². The second kappa shape index (κ2) is 8.93. The summed E-state index contributed by atoms with van der Waals surface area (Å²) in [4.78, 5) is 26.2. The van der Waals surface area contributed by atoms with Crippen molar-refractivity contribution in [3.05, 3.63) is 53.6 Å². The second-order valence-electron chi connectivity index (χ2n) is 7.74. The van der Waals surface area contributed by atoms with Gasteiger partial charge in [0.05, 0.1) is 18.5 Å². The van der Waals surface area contributed by atoms with Crippen molar-refractivity contribution in [1.29, 1.82) is 0 Å². The number of fused-ring (bicyclic) bond motifs is 1. The maximum atomic E-state index is 12.8. The van der Waals surface area contributed by atoms with Gasteiger partial charge in [-0.05, 0) is 61.4 Å². The molecule has 1 atom stereocenters. The van der Waals surface area contributed by atoms with E-state index in [1.165, 1.54) is 34.5 Å². The molecule has 3 rings (SSSR count). The van der Waals surface area contributed by atoms with Gasteiger partial charge in [0, 0.05) is 24.3 Å². The van der Waals surface area contributed by atoms with Crippen LogP contribution in [0.4, 0.5) is 24.5 Å². The molecule has 12 heteroatoms. The highest BCUT2D eigenvalue weighted by Gasteiger charge is 2.33. The van der Waals surface area contributed by atoms with Crippen LogP contribution in [0.25, 0.3) is 0 Å². The van der Waals surface area contributed by atoms with Gasteiger partial charge in [0.1, 0.15) is 5.75 Å². The van der Waals surface area contributed by atoms with Gasteiger partial charge in [-0.2, -0.15) is 0 Å². The van der Waals surface area contributed by atoms with E-state index in [0.29, 0.717) is 17.7 Å². The molecule has 0 radical (unpaired) electrons. The molecule has 1 heterocycles. The molecule has 0 unspecified atom stereocenters. The first kappa shape index (κ1) is 24.4. The van der Waals surface area contributed by atoms with Crippen LogP contribution in [0.5, 0.6) is 5.75 Å². The Labute approximate surface area is 189 Å². The zero-order chi connectivity index (χ0) is 24.6. The Morgan fingerprint density at radius 2 is 1.82 bits per heavy atom. The van der Waals surface area contributed by atoms with Crippen LogP contribution in [0.3, 0.4) is 0 Å². The van der Waals surface area contributed by atoms with Gasteiger partial charge in [0.2, 0.25) is 15.9 Å². The number of amides is 2. The number of nitrogens with one attached hydrogen (secondary N) is 1. The number of hydrogen-bond donors (Lipinski definition) is 1. The van der Waals surface area contributed by atoms with Crippen molar-refractivity contribution in [3.63, 3.8) is 0 Å². The van der Waals surface area contributed by atoms with Crippen molar-refractivity contribution in [2.75, 3.05) is 29.5 Å². The van der Waals surface area contributed by atoms with Crippen molar-refractivity contribution in [2.24, 2.45) is 0 Å². The van der Waals surface area contributed by atoms with Crippen LogP contribution in [0, 0.1) is 0 Å². The molecule has 1 aliphatic rings. The Kier molecular flexibility index (Phi) is 6.59. The fourth-order valence-electron chi connectivity index (χ4n) is 3.69. The number of alkyl halides is 3. The number of benzene rings is 2. The molecule has 1 N–H and O–H groups in total. The first-order valence-corrected chi connectivity index (χ1v) is 11.6. The van der Waals surface area contributed by atoms with Gasteiger partial charge in [-0.3, -0.25) is 13.9 Å². The first-order valence-electron chi connectivity index (χ1n) is 9.78. The molecule has 0 fully saturated rings. The monoisotopic (exact) mass is 485 g/mol. The molecular weight excluding hydrogens is 463 g/mol. The van der Waals surface area contributed by atoms with E-state index in [9.17, 15) is 31.2 Å². The lowest BCUT2D eigenvalue weighted by Crippen LogP contribution is -2.35. The van der Waals surface area contributed by atoms with Crippen LogP contribution in [-0.2, 0) is 21.2 Å². The van der Waals surface area contributed by atoms with E-state index in [2.05, 4.69) is 10.1 Å². The smallest absolute Gasteiger partial charge is 0.406 e. The molecule has 2 aromatic rings. The lowest BCUT2D eigenvalue weighted by atomic mass is 10.1. The number of rotatable bonds is 6. The molecule has 0 saturated heterocycles. The summed E-state index contributed by atoms with van der Waals surface area (Å²) in [5, 5.41) is 2.50.